The molecule has 4 rings (SSSR count). The minimum Gasteiger partial charge on any atom is -0.373 e. The maximum absolute atomic E-state index is 6.20. The van der Waals surface area contributed by atoms with E-state index in [1.165, 1.54) is 0 Å². The first kappa shape index (κ1) is 17.7. The minimum absolute atomic E-state index is 0.603. The van der Waals surface area contributed by atoms with E-state index < -0.39 is 0 Å². The van der Waals surface area contributed by atoms with Crippen LogP contribution in [-0.2, 0) is 0 Å². The van der Waals surface area contributed by atoms with Crippen LogP contribution in [0.25, 0.3) is 33.4 Å². The Morgan fingerprint density at radius 3 is 2.37 bits per heavy atom. The minimum atomic E-state index is 0.603. The van der Waals surface area contributed by atoms with E-state index in [1.807, 2.05) is 50.4 Å². The average Bonchev–Trinajstić information content (AvgIpc) is 2.67. The largest absolute Gasteiger partial charge is 0.373 e. The molecule has 1 N–H and O–H groups in total. The Morgan fingerprint density at radius 2 is 1.70 bits per heavy atom. The molecule has 2 aromatic heterocycles. The molecule has 0 aliphatic carbocycles. The number of rotatable bonds is 3. The van der Waals surface area contributed by atoms with Gasteiger partial charge in [-0.05, 0) is 60.0 Å². The summed E-state index contributed by atoms with van der Waals surface area (Å²) < 4.78 is 0. The van der Waals surface area contributed by atoms with E-state index in [1.54, 1.807) is 18.5 Å². The van der Waals surface area contributed by atoms with E-state index >= 15 is 0 Å². The van der Waals surface area contributed by atoms with Crippen LogP contribution < -0.4 is 5.32 Å². The molecule has 4 aromatic rings. The van der Waals surface area contributed by atoms with Crippen LogP contribution in [0, 0.1) is 6.92 Å². The Hall–Kier alpha value is -2.69. The highest BCUT2D eigenvalue weighted by Crippen LogP contribution is 2.35. The van der Waals surface area contributed by atoms with Crippen LogP contribution in [0.4, 0.5) is 5.82 Å². The van der Waals surface area contributed by atoms with Gasteiger partial charge in [-0.1, -0.05) is 29.3 Å². The molecular formula is C21H16Cl2N4. The van der Waals surface area contributed by atoms with Gasteiger partial charge in [-0.2, -0.15) is 0 Å². The highest BCUT2D eigenvalue weighted by Gasteiger charge is 2.14. The van der Waals surface area contributed by atoms with Gasteiger partial charge in [-0.3, -0.25) is 4.98 Å². The number of pyridine rings is 1. The van der Waals surface area contributed by atoms with E-state index in [0.29, 0.717) is 15.9 Å². The van der Waals surface area contributed by atoms with Gasteiger partial charge in [0.15, 0.2) is 5.82 Å². The third kappa shape index (κ3) is 3.34. The Bertz CT molecular complexity index is 1120. The predicted molar refractivity (Wildman–Crippen MR) is 113 cm³/mol. The molecule has 0 amide bonds. The first-order chi connectivity index (χ1) is 13.1. The van der Waals surface area contributed by atoms with Gasteiger partial charge in [0.05, 0.1) is 5.52 Å². The van der Waals surface area contributed by atoms with Crippen LogP contribution in [-0.4, -0.2) is 22.0 Å². The highest BCUT2D eigenvalue weighted by atomic mass is 35.5. The molecule has 2 aromatic carbocycles. The molecule has 0 fully saturated rings. The van der Waals surface area contributed by atoms with Crippen molar-refractivity contribution in [3.8, 4) is 22.5 Å². The van der Waals surface area contributed by atoms with Crippen molar-refractivity contribution in [2.75, 3.05) is 12.4 Å². The van der Waals surface area contributed by atoms with Gasteiger partial charge in [0.2, 0.25) is 0 Å². The number of nitrogens with one attached hydrogen (secondary N) is 1. The highest BCUT2D eigenvalue weighted by molar-refractivity contribution is 6.35. The summed E-state index contributed by atoms with van der Waals surface area (Å²) in [6.45, 7) is 2.05. The van der Waals surface area contributed by atoms with Crippen LogP contribution in [0.3, 0.4) is 0 Å². The van der Waals surface area contributed by atoms with E-state index in [0.717, 1.165) is 39.0 Å². The number of hydrogen-bond acceptors (Lipinski definition) is 4. The van der Waals surface area contributed by atoms with Gasteiger partial charge in [0.25, 0.3) is 0 Å². The average molecular weight is 395 g/mol. The number of aryl methyl sites for hydroxylation is 1. The van der Waals surface area contributed by atoms with Gasteiger partial charge in [0, 0.05) is 40.4 Å². The number of halogens is 2. The number of anilines is 1. The maximum Gasteiger partial charge on any atom is 0.163 e. The summed E-state index contributed by atoms with van der Waals surface area (Å²) in [5, 5.41) is 5.34. The zero-order chi connectivity index (χ0) is 19.0. The fraction of sp³-hybridized carbons (Fsp3) is 0.0952. The van der Waals surface area contributed by atoms with Gasteiger partial charge < -0.3 is 5.32 Å². The lowest BCUT2D eigenvalue weighted by atomic mass is 9.98. The summed E-state index contributed by atoms with van der Waals surface area (Å²) >= 11 is 12.4. The summed E-state index contributed by atoms with van der Waals surface area (Å²) in [4.78, 5) is 13.7. The quantitative estimate of drug-likeness (QED) is 0.461. The van der Waals surface area contributed by atoms with E-state index in [2.05, 4.69) is 15.3 Å². The Kier molecular flexibility index (Phi) is 4.68. The maximum atomic E-state index is 6.20. The molecule has 27 heavy (non-hydrogen) atoms. The Morgan fingerprint density at radius 1 is 0.926 bits per heavy atom. The standard InChI is InChI=1S/C21H16Cl2N4/c1-12-17(14-8-15(22)10-16(23)9-14)5-6-18-19(12)26-20(27-21(18)24-2)13-4-3-7-25-11-13/h3-11H,1-2H3,(H,24,26,27). The van der Waals surface area contributed by atoms with Crippen LogP contribution in [0.5, 0.6) is 0 Å². The monoisotopic (exact) mass is 394 g/mol. The normalized spacial score (nSPS) is 11.0. The predicted octanol–water partition coefficient (Wildman–Crippen LogP) is 6.02. The summed E-state index contributed by atoms with van der Waals surface area (Å²) in [5.74, 6) is 1.40. The zero-order valence-corrected chi connectivity index (χ0v) is 16.3. The lowest BCUT2D eigenvalue weighted by Crippen LogP contribution is -2.00. The summed E-state index contributed by atoms with van der Waals surface area (Å²) in [7, 11) is 1.86. The number of aromatic nitrogens is 3. The zero-order valence-electron chi connectivity index (χ0n) is 14.8. The fourth-order valence-electron chi connectivity index (χ4n) is 3.17. The van der Waals surface area contributed by atoms with Crippen LogP contribution in [0.15, 0.2) is 54.9 Å². The van der Waals surface area contributed by atoms with Crippen molar-refractivity contribution in [3.63, 3.8) is 0 Å². The summed E-state index contributed by atoms with van der Waals surface area (Å²) in [6, 6.07) is 13.4. The molecule has 0 bridgehead atoms. The number of nitrogens with zero attached hydrogens (tertiary/aromatic N) is 3. The van der Waals surface area contributed by atoms with Gasteiger partial charge in [0.1, 0.15) is 5.82 Å². The molecule has 0 unspecified atom stereocenters. The molecule has 0 aliphatic rings. The second kappa shape index (κ2) is 7.14. The molecule has 4 nitrogen and oxygen atoms in total. The van der Waals surface area contributed by atoms with Crippen molar-refractivity contribution >= 4 is 39.9 Å². The molecule has 0 saturated carbocycles. The van der Waals surface area contributed by atoms with Crippen LogP contribution >= 0.6 is 23.2 Å². The van der Waals surface area contributed by atoms with E-state index in [9.17, 15) is 0 Å². The molecular weight excluding hydrogens is 379 g/mol. The molecule has 0 atom stereocenters. The lowest BCUT2D eigenvalue weighted by Gasteiger charge is -2.14. The number of fused-ring (bicyclic) bond motifs is 1. The second-order valence-corrected chi connectivity index (χ2v) is 7.05. The van der Waals surface area contributed by atoms with E-state index in [-0.39, 0.29) is 0 Å². The molecule has 0 aliphatic heterocycles. The van der Waals surface area contributed by atoms with Crippen LogP contribution in [0.2, 0.25) is 10.0 Å². The SMILES string of the molecule is CNc1nc(-c2cccnc2)nc2c(C)c(-c3cc(Cl)cc(Cl)c3)ccc12. The number of benzene rings is 2. The smallest absolute Gasteiger partial charge is 0.163 e. The van der Waals surface area contributed by atoms with Crippen molar-refractivity contribution in [2.45, 2.75) is 6.92 Å². The lowest BCUT2D eigenvalue weighted by molar-refractivity contribution is 1.19. The Labute approximate surface area is 167 Å². The third-order valence-corrected chi connectivity index (χ3v) is 4.89. The van der Waals surface area contributed by atoms with Crippen molar-refractivity contribution in [1.82, 2.24) is 15.0 Å². The molecule has 6 heteroatoms. The molecule has 134 valence electrons. The molecule has 2 heterocycles. The number of hydrogen-bond donors (Lipinski definition) is 1. The van der Waals surface area contributed by atoms with Crippen molar-refractivity contribution in [3.05, 3.63) is 70.5 Å². The third-order valence-electron chi connectivity index (χ3n) is 4.45. The van der Waals surface area contributed by atoms with Gasteiger partial charge >= 0.3 is 0 Å². The fourth-order valence-corrected chi connectivity index (χ4v) is 3.70. The van der Waals surface area contributed by atoms with Crippen molar-refractivity contribution in [1.29, 1.82) is 0 Å². The van der Waals surface area contributed by atoms with Crippen LogP contribution in [0.1, 0.15) is 5.56 Å². The van der Waals surface area contributed by atoms with Crippen molar-refractivity contribution < 1.29 is 0 Å². The molecule has 0 radical (unpaired) electrons. The second-order valence-electron chi connectivity index (χ2n) is 6.18. The van der Waals surface area contributed by atoms with Gasteiger partial charge in [-0.25, -0.2) is 9.97 Å². The molecule has 0 spiro atoms. The topological polar surface area (TPSA) is 50.7 Å². The van der Waals surface area contributed by atoms with Crippen molar-refractivity contribution in [2.24, 2.45) is 0 Å². The van der Waals surface area contributed by atoms with E-state index in [4.69, 9.17) is 28.2 Å². The first-order valence-corrected chi connectivity index (χ1v) is 9.18. The first-order valence-electron chi connectivity index (χ1n) is 8.43. The molecule has 0 saturated heterocycles. The van der Waals surface area contributed by atoms with Gasteiger partial charge in [-0.15, -0.1) is 0 Å². The summed E-state index contributed by atoms with van der Waals surface area (Å²) in [5.41, 5.74) is 4.77. The summed E-state index contributed by atoms with van der Waals surface area (Å²) in [6.07, 6.45) is 3.49. The Balaban J connectivity index is 1.98.